The summed E-state index contributed by atoms with van der Waals surface area (Å²) in [5.74, 6) is 0.381. The molecule has 1 amide bonds. The quantitative estimate of drug-likeness (QED) is 0.775. The molecule has 86 valence electrons. The molecule has 0 aliphatic carbocycles. The molecule has 2 unspecified atom stereocenters. The summed E-state index contributed by atoms with van der Waals surface area (Å²) in [5.41, 5.74) is 0.149. The summed E-state index contributed by atoms with van der Waals surface area (Å²) in [4.78, 5) is 11.6. The zero-order chi connectivity index (χ0) is 12.1. The van der Waals surface area contributed by atoms with Gasteiger partial charge in [0.1, 0.15) is 0 Å². The molecule has 0 saturated heterocycles. The van der Waals surface area contributed by atoms with Gasteiger partial charge in [0.2, 0.25) is 5.91 Å². The Labute approximate surface area is 92.9 Å². The fraction of sp³-hybridized carbons (Fsp3) is 0.833. The molecule has 3 nitrogen and oxygen atoms in total. The topological polar surface area (TPSA) is 52.9 Å². The van der Waals surface area contributed by atoms with Gasteiger partial charge in [-0.15, -0.1) is 0 Å². The summed E-state index contributed by atoms with van der Waals surface area (Å²) in [6, 6.07) is 2.00. The number of nitrogens with zero attached hydrogens (tertiary/aromatic N) is 1. The number of carbonyl (C=O) groups is 1. The highest BCUT2D eigenvalue weighted by Gasteiger charge is 2.22. The van der Waals surface area contributed by atoms with Gasteiger partial charge in [-0.2, -0.15) is 5.26 Å². The molecule has 3 heteroatoms. The van der Waals surface area contributed by atoms with Gasteiger partial charge < -0.3 is 5.32 Å². The maximum absolute atomic E-state index is 11.6. The zero-order valence-electron chi connectivity index (χ0n) is 10.4. The third-order valence-corrected chi connectivity index (χ3v) is 2.77. The van der Waals surface area contributed by atoms with Crippen molar-refractivity contribution in [3.05, 3.63) is 0 Å². The van der Waals surface area contributed by atoms with Crippen LogP contribution in [0.1, 0.15) is 47.5 Å². The SMILES string of the molecule is CC(CC#N)NC(=O)CC(C)C(C)(C)C. The van der Waals surface area contributed by atoms with Crippen molar-refractivity contribution in [2.75, 3.05) is 0 Å². The van der Waals surface area contributed by atoms with Gasteiger partial charge in [0.25, 0.3) is 0 Å². The van der Waals surface area contributed by atoms with E-state index in [0.29, 0.717) is 18.8 Å². The number of nitrogens with one attached hydrogen (secondary N) is 1. The van der Waals surface area contributed by atoms with Crippen LogP contribution in [0.3, 0.4) is 0 Å². The number of hydrogen-bond acceptors (Lipinski definition) is 2. The van der Waals surface area contributed by atoms with Crippen molar-refractivity contribution >= 4 is 5.91 Å². The van der Waals surface area contributed by atoms with Gasteiger partial charge in [0, 0.05) is 12.5 Å². The highest BCUT2D eigenvalue weighted by Crippen LogP contribution is 2.27. The van der Waals surface area contributed by atoms with Gasteiger partial charge in [-0.1, -0.05) is 27.7 Å². The van der Waals surface area contributed by atoms with E-state index in [4.69, 9.17) is 5.26 Å². The van der Waals surface area contributed by atoms with E-state index in [-0.39, 0.29) is 17.4 Å². The second-order valence-corrected chi connectivity index (χ2v) is 5.30. The fourth-order valence-electron chi connectivity index (χ4n) is 1.11. The standard InChI is InChI=1S/C12H22N2O/c1-9(12(3,4)5)8-11(15)14-10(2)6-7-13/h9-10H,6,8H2,1-5H3,(H,14,15). The third kappa shape index (κ3) is 6.11. The number of nitriles is 1. The van der Waals surface area contributed by atoms with Crippen molar-refractivity contribution < 1.29 is 4.79 Å². The number of carbonyl (C=O) groups excluding carboxylic acids is 1. The molecule has 0 aromatic rings. The summed E-state index contributed by atoms with van der Waals surface area (Å²) in [5, 5.41) is 11.3. The van der Waals surface area contributed by atoms with Gasteiger partial charge in [-0.05, 0) is 18.3 Å². The Morgan fingerprint density at radius 3 is 2.33 bits per heavy atom. The Morgan fingerprint density at radius 1 is 1.40 bits per heavy atom. The molecule has 0 aromatic carbocycles. The highest BCUT2D eigenvalue weighted by atomic mass is 16.1. The molecule has 0 saturated carbocycles. The van der Waals surface area contributed by atoms with E-state index < -0.39 is 0 Å². The lowest BCUT2D eigenvalue weighted by atomic mass is 9.80. The molecule has 1 N–H and O–H groups in total. The van der Waals surface area contributed by atoms with Crippen LogP contribution in [0, 0.1) is 22.7 Å². The summed E-state index contributed by atoms with van der Waals surface area (Å²) in [6.07, 6.45) is 0.898. The largest absolute Gasteiger partial charge is 0.353 e. The smallest absolute Gasteiger partial charge is 0.220 e. The van der Waals surface area contributed by atoms with Gasteiger partial charge in [-0.25, -0.2) is 0 Å². The molecule has 15 heavy (non-hydrogen) atoms. The van der Waals surface area contributed by atoms with Crippen LogP contribution in [0.2, 0.25) is 0 Å². The normalized spacial score (nSPS) is 15.2. The second-order valence-electron chi connectivity index (χ2n) is 5.30. The van der Waals surface area contributed by atoms with Gasteiger partial charge in [-0.3, -0.25) is 4.79 Å². The van der Waals surface area contributed by atoms with Gasteiger partial charge in [0.15, 0.2) is 0 Å². The van der Waals surface area contributed by atoms with Crippen LogP contribution in [0.25, 0.3) is 0 Å². The zero-order valence-corrected chi connectivity index (χ0v) is 10.4. The predicted octanol–water partition coefficient (Wildman–Crippen LogP) is 2.48. The van der Waals surface area contributed by atoms with Crippen molar-refractivity contribution in [3.8, 4) is 6.07 Å². The summed E-state index contributed by atoms with van der Waals surface area (Å²) in [7, 11) is 0. The van der Waals surface area contributed by atoms with E-state index >= 15 is 0 Å². The van der Waals surface area contributed by atoms with Crippen LogP contribution >= 0.6 is 0 Å². The molecule has 2 atom stereocenters. The van der Waals surface area contributed by atoms with Crippen LogP contribution in [0.4, 0.5) is 0 Å². The average molecular weight is 210 g/mol. The Hall–Kier alpha value is -1.04. The molecule has 0 spiro atoms. The minimum atomic E-state index is -0.0466. The first-order valence-electron chi connectivity index (χ1n) is 5.43. The first-order chi connectivity index (χ1) is 6.77. The molecule has 0 aliphatic heterocycles. The number of hydrogen-bond donors (Lipinski definition) is 1. The van der Waals surface area contributed by atoms with Crippen LogP contribution in [-0.2, 0) is 4.79 Å². The second kappa shape index (κ2) is 5.75. The van der Waals surface area contributed by atoms with Gasteiger partial charge >= 0.3 is 0 Å². The van der Waals surface area contributed by atoms with E-state index in [9.17, 15) is 4.79 Å². The lowest BCUT2D eigenvalue weighted by Gasteiger charge is -2.27. The first-order valence-corrected chi connectivity index (χ1v) is 5.43. The lowest BCUT2D eigenvalue weighted by molar-refractivity contribution is -0.123. The van der Waals surface area contributed by atoms with E-state index in [1.807, 2.05) is 13.0 Å². The first kappa shape index (κ1) is 14.0. The molecule has 0 radical (unpaired) electrons. The molecule has 0 fully saturated rings. The fourth-order valence-corrected chi connectivity index (χ4v) is 1.11. The summed E-state index contributed by atoms with van der Waals surface area (Å²) in [6.45, 7) is 10.3. The Balaban J connectivity index is 4.00. The number of amides is 1. The van der Waals surface area contributed by atoms with Crippen molar-refractivity contribution in [1.29, 1.82) is 5.26 Å². The van der Waals surface area contributed by atoms with Crippen molar-refractivity contribution in [3.63, 3.8) is 0 Å². The highest BCUT2D eigenvalue weighted by molar-refractivity contribution is 5.76. The minimum absolute atomic E-state index is 0.0418. The number of rotatable bonds is 4. The van der Waals surface area contributed by atoms with E-state index in [1.54, 1.807) is 0 Å². The Bertz CT molecular complexity index is 247. The van der Waals surface area contributed by atoms with E-state index in [2.05, 4.69) is 33.0 Å². The molecule has 0 aromatic heterocycles. The molecular formula is C12H22N2O. The Morgan fingerprint density at radius 2 is 1.93 bits per heavy atom. The van der Waals surface area contributed by atoms with Crippen molar-refractivity contribution in [1.82, 2.24) is 5.32 Å². The monoisotopic (exact) mass is 210 g/mol. The maximum atomic E-state index is 11.6. The molecule has 0 rings (SSSR count). The van der Waals surface area contributed by atoms with Crippen LogP contribution in [-0.4, -0.2) is 11.9 Å². The summed E-state index contributed by atoms with van der Waals surface area (Å²) < 4.78 is 0. The average Bonchev–Trinajstić information content (AvgIpc) is 2.01. The van der Waals surface area contributed by atoms with Crippen molar-refractivity contribution in [2.45, 2.75) is 53.5 Å². The van der Waals surface area contributed by atoms with E-state index in [0.717, 1.165) is 0 Å². The molecular weight excluding hydrogens is 188 g/mol. The molecule has 0 heterocycles. The van der Waals surface area contributed by atoms with Crippen LogP contribution < -0.4 is 5.32 Å². The maximum Gasteiger partial charge on any atom is 0.220 e. The van der Waals surface area contributed by atoms with Crippen LogP contribution in [0.15, 0.2) is 0 Å². The third-order valence-electron chi connectivity index (χ3n) is 2.77. The van der Waals surface area contributed by atoms with Crippen molar-refractivity contribution in [2.24, 2.45) is 11.3 Å². The summed E-state index contributed by atoms with van der Waals surface area (Å²) >= 11 is 0. The molecule has 0 bridgehead atoms. The lowest BCUT2D eigenvalue weighted by Crippen LogP contribution is -2.35. The molecule has 0 aliphatic rings. The Kier molecular flexibility index (Phi) is 5.35. The van der Waals surface area contributed by atoms with Crippen LogP contribution in [0.5, 0.6) is 0 Å². The minimum Gasteiger partial charge on any atom is -0.353 e. The van der Waals surface area contributed by atoms with E-state index in [1.165, 1.54) is 0 Å². The van der Waals surface area contributed by atoms with Gasteiger partial charge in [0.05, 0.1) is 12.5 Å². The predicted molar refractivity (Wildman–Crippen MR) is 61.1 cm³/mol.